The first-order valence-electron chi connectivity index (χ1n) is 11.5. The van der Waals surface area contributed by atoms with Gasteiger partial charge in [-0.05, 0) is 36.3 Å². The minimum absolute atomic E-state index is 0.00397. The van der Waals surface area contributed by atoms with E-state index in [-0.39, 0.29) is 16.7 Å². The lowest BCUT2D eigenvalue weighted by Gasteiger charge is -2.44. The van der Waals surface area contributed by atoms with Gasteiger partial charge in [0.2, 0.25) is 0 Å². The molecule has 1 aliphatic heterocycles. The number of fused-ring (bicyclic) bond motifs is 1. The molecule has 3 rings (SSSR count). The SMILES string of the molecule is CC(C)(C)[Si](C)(C)O[C@@H]1[C@H](O[Si](C)(C)C(C)(C)C)[C@@H](CO)O[C@H]1n1cnc2c(N)ncnc21. The molecule has 0 bridgehead atoms. The summed E-state index contributed by atoms with van der Waals surface area (Å²) in [4.78, 5) is 12.9. The Balaban J connectivity index is 2.10. The van der Waals surface area contributed by atoms with Gasteiger partial charge in [-0.3, -0.25) is 4.57 Å². The summed E-state index contributed by atoms with van der Waals surface area (Å²) in [5, 5.41) is 10.3. The quantitative estimate of drug-likeness (QED) is 0.576. The molecule has 0 radical (unpaired) electrons. The third kappa shape index (κ3) is 4.89. The minimum atomic E-state index is -2.23. The number of hydrogen-bond donors (Lipinski definition) is 2. The molecule has 186 valence electrons. The van der Waals surface area contributed by atoms with Gasteiger partial charge in [-0.2, -0.15) is 0 Å². The Hall–Kier alpha value is -1.38. The number of aliphatic hydroxyl groups is 1. The molecule has 1 saturated heterocycles. The van der Waals surface area contributed by atoms with Crippen LogP contribution in [0.2, 0.25) is 36.3 Å². The van der Waals surface area contributed by atoms with Crippen LogP contribution in [0.15, 0.2) is 12.7 Å². The van der Waals surface area contributed by atoms with Crippen LogP contribution in [0, 0.1) is 0 Å². The van der Waals surface area contributed by atoms with Crippen LogP contribution in [0.4, 0.5) is 5.82 Å². The Labute approximate surface area is 199 Å². The molecule has 0 amide bonds. The fourth-order valence-corrected chi connectivity index (χ4v) is 6.04. The molecule has 2 aromatic rings. The van der Waals surface area contributed by atoms with E-state index in [4.69, 9.17) is 19.3 Å². The van der Waals surface area contributed by atoms with E-state index in [1.54, 1.807) is 6.33 Å². The Bertz CT molecular complexity index is 983. The van der Waals surface area contributed by atoms with Crippen molar-refractivity contribution in [3.05, 3.63) is 12.7 Å². The molecule has 3 heterocycles. The van der Waals surface area contributed by atoms with Crippen LogP contribution < -0.4 is 5.73 Å². The summed E-state index contributed by atoms with van der Waals surface area (Å²) in [5.41, 5.74) is 7.11. The van der Waals surface area contributed by atoms with Crippen LogP contribution in [-0.2, 0) is 13.6 Å². The Morgan fingerprint density at radius 2 is 1.52 bits per heavy atom. The van der Waals surface area contributed by atoms with Crippen molar-refractivity contribution < 1.29 is 18.7 Å². The van der Waals surface area contributed by atoms with E-state index in [1.165, 1.54) is 6.33 Å². The molecule has 33 heavy (non-hydrogen) atoms. The van der Waals surface area contributed by atoms with Crippen molar-refractivity contribution in [2.45, 2.75) is 102 Å². The highest BCUT2D eigenvalue weighted by molar-refractivity contribution is 6.74. The molecule has 0 spiro atoms. The third-order valence-electron chi connectivity index (χ3n) is 7.60. The first kappa shape index (κ1) is 26.2. The molecule has 3 N–H and O–H groups in total. The number of rotatable bonds is 6. The van der Waals surface area contributed by atoms with E-state index in [9.17, 15) is 5.11 Å². The summed E-state index contributed by atoms with van der Waals surface area (Å²) < 4.78 is 22.1. The molecule has 2 aromatic heterocycles. The highest BCUT2D eigenvalue weighted by Crippen LogP contribution is 2.46. The molecule has 0 saturated carbocycles. The zero-order valence-electron chi connectivity index (χ0n) is 21.7. The lowest BCUT2D eigenvalue weighted by atomic mass is 10.1. The Kier molecular flexibility index (Phi) is 6.90. The van der Waals surface area contributed by atoms with Gasteiger partial charge >= 0.3 is 0 Å². The highest BCUT2D eigenvalue weighted by atomic mass is 28.4. The molecule has 0 aliphatic carbocycles. The topological polar surface area (TPSA) is 118 Å². The number of nitrogens with zero attached hydrogens (tertiary/aromatic N) is 4. The predicted molar refractivity (Wildman–Crippen MR) is 135 cm³/mol. The van der Waals surface area contributed by atoms with E-state index >= 15 is 0 Å². The van der Waals surface area contributed by atoms with E-state index < -0.39 is 41.2 Å². The van der Waals surface area contributed by atoms with E-state index in [0.717, 1.165) is 0 Å². The van der Waals surface area contributed by atoms with Gasteiger partial charge in [-0.15, -0.1) is 0 Å². The standard InChI is InChI=1S/C22H41N5O4Si2/c1-21(2,3)32(7,8)30-16-14(11-28)29-20(17(16)31-33(9,10)22(4,5)6)27-13-26-15-18(23)24-12-25-19(15)27/h12-14,16-17,20,28H,11H2,1-10H3,(H2,23,24,25)/t14-,16-,17-,20-/m1/s1. The molecule has 1 fully saturated rings. The van der Waals surface area contributed by atoms with Gasteiger partial charge in [0.25, 0.3) is 0 Å². The van der Waals surface area contributed by atoms with Gasteiger partial charge in [-0.1, -0.05) is 41.5 Å². The van der Waals surface area contributed by atoms with Crippen LogP contribution >= 0.6 is 0 Å². The summed E-state index contributed by atoms with van der Waals surface area (Å²) in [7, 11) is -4.42. The number of imidazole rings is 1. The molecule has 0 aromatic carbocycles. The molecule has 11 heteroatoms. The molecule has 1 aliphatic rings. The van der Waals surface area contributed by atoms with Crippen LogP contribution in [-0.4, -0.2) is 66.2 Å². The summed E-state index contributed by atoms with van der Waals surface area (Å²) in [6.45, 7) is 21.9. The summed E-state index contributed by atoms with van der Waals surface area (Å²) in [5.74, 6) is 0.311. The van der Waals surface area contributed by atoms with Crippen molar-refractivity contribution in [1.82, 2.24) is 19.5 Å². The van der Waals surface area contributed by atoms with Crippen molar-refractivity contribution in [2.75, 3.05) is 12.3 Å². The van der Waals surface area contributed by atoms with Gasteiger partial charge in [0.1, 0.15) is 30.2 Å². The van der Waals surface area contributed by atoms with Crippen molar-refractivity contribution in [3.8, 4) is 0 Å². The second kappa shape index (κ2) is 8.69. The Morgan fingerprint density at radius 1 is 0.970 bits per heavy atom. The Morgan fingerprint density at radius 3 is 2.03 bits per heavy atom. The molecule has 0 unspecified atom stereocenters. The number of hydrogen-bond acceptors (Lipinski definition) is 8. The largest absolute Gasteiger partial charge is 0.408 e. The second-order valence-electron chi connectivity index (χ2n) is 12.0. The number of ether oxygens (including phenoxy) is 1. The monoisotopic (exact) mass is 495 g/mol. The normalized spacial score (nSPS) is 25.2. The molecular weight excluding hydrogens is 454 g/mol. The average molecular weight is 496 g/mol. The van der Waals surface area contributed by atoms with Gasteiger partial charge < -0.3 is 24.4 Å². The highest BCUT2D eigenvalue weighted by Gasteiger charge is 2.54. The fourth-order valence-electron chi connectivity index (χ4n) is 3.44. The lowest BCUT2D eigenvalue weighted by molar-refractivity contribution is -0.0491. The minimum Gasteiger partial charge on any atom is -0.408 e. The van der Waals surface area contributed by atoms with Gasteiger partial charge in [-0.25, -0.2) is 15.0 Å². The summed E-state index contributed by atoms with van der Waals surface area (Å²) in [6, 6.07) is 0. The fraction of sp³-hybridized carbons (Fsp3) is 0.773. The van der Waals surface area contributed by atoms with Gasteiger partial charge in [0, 0.05) is 0 Å². The van der Waals surface area contributed by atoms with E-state index in [2.05, 4.69) is 82.7 Å². The van der Waals surface area contributed by atoms with E-state index in [0.29, 0.717) is 17.0 Å². The predicted octanol–water partition coefficient (Wildman–Crippen LogP) is 4.08. The maximum absolute atomic E-state index is 10.3. The number of anilines is 1. The number of aliphatic hydroxyl groups excluding tert-OH is 1. The maximum Gasteiger partial charge on any atom is 0.192 e. The summed E-state index contributed by atoms with van der Waals surface area (Å²) >= 11 is 0. The van der Waals surface area contributed by atoms with Crippen molar-refractivity contribution in [3.63, 3.8) is 0 Å². The third-order valence-corrected chi connectivity index (χ3v) is 16.5. The van der Waals surface area contributed by atoms with Crippen molar-refractivity contribution in [1.29, 1.82) is 0 Å². The zero-order valence-corrected chi connectivity index (χ0v) is 23.7. The molecule has 9 nitrogen and oxygen atoms in total. The van der Waals surface area contributed by atoms with Gasteiger partial charge in [0.15, 0.2) is 34.3 Å². The number of nitrogen functional groups attached to an aromatic ring is 1. The lowest BCUT2D eigenvalue weighted by Crippen LogP contribution is -2.53. The van der Waals surface area contributed by atoms with Gasteiger partial charge in [0.05, 0.1) is 12.9 Å². The van der Waals surface area contributed by atoms with Crippen molar-refractivity contribution in [2.24, 2.45) is 0 Å². The zero-order chi connectivity index (χ0) is 25.0. The number of nitrogens with two attached hydrogens (primary N) is 1. The summed E-state index contributed by atoms with van der Waals surface area (Å²) in [6.07, 6.45) is 1.12. The van der Waals surface area contributed by atoms with Crippen LogP contribution in [0.25, 0.3) is 11.2 Å². The van der Waals surface area contributed by atoms with Crippen LogP contribution in [0.5, 0.6) is 0 Å². The van der Waals surface area contributed by atoms with Crippen molar-refractivity contribution >= 4 is 33.6 Å². The van der Waals surface area contributed by atoms with E-state index in [1.807, 2.05) is 4.57 Å². The average Bonchev–Trinajstić information content (AvgIpc) is 3.22. The molecular formula is C22H41N5O4Si2. The first-order chi connectivity index (χ1) is 15.0. The van der Waals surface area contributed by atoms with Crippen LogP contribution in [0.1, 0.15) is 47.8 Å². The first-order valence-corrected chi connectivity index (χ1v) is 17.4. The molecule has 4 atom stereocenters. The smallest absolute Gasteiger partial charge is 0.192 e. The number of aromatic nitrogens is 4. The van der Waals surface area contributed by atoms with Crippen LogP contribution in [0.3, 0.4) is 0 Å². The maximum atomic E-state index is 10.3. The second-order valence-corrected chi connectivity index (χ2v) is 21.5.